The smallest absolute Gasteiger partial charge is 0.179 e. The molecule has 0 bridgehead atoms. The molecule has 0 saturated carbocycles. The second kappa shape index (κ2) is 5.29. The molecule has 0 unspecified atom stereocenters. The third-order valence-corrected chi connectivity index (χ3v) is 3.86. The van der Waals surface area contributed by atoms with Gasteiger partial charge in [0.05, 0.1) is 11.6 Å². The number of Topliss-reactive ketones (excluding diaryl/α,β-unsaturated/α-hetero) is 1. The van der Waals surface area contributed by atoms with Crippen LogP contribution in [0, 0.1) is 13.8 Å². The van der Waals surface area contributed by atoms with Crippen LogP contribution < -0.4 is 0 Å². The van der Waals surface area contributed by atoms with Crippen LogP contribution in [0.4, 0.5) is 0 Å². The van der Waals surface area contributed by atoms with Crippen molar-refractivity contribution in [2.75, 3.05) is 5.88 Å². The van der Waals surface area contributed by atoms with E-state index < -0.39 is 0 Å². The molecule has 2 rings (SSSR count). The van der Waals surface area contributed by atoms with Crippen LogP contribution >= 0.6 is 27.5 Å². The summed E-state index contributed by atoms with van der Waals surface area (Å²) in [6.45, 7) is 3.92. The summed E-state index contributed by atoms with van der Waals surface area (Å²) in [5.41, 5.74) is 3.66. The monoisotopic (exact) mass is 325 g/mol. The largest absolute Gasteiger partial charge is 0.317 e. The van der Waals surface area contributed by atoms with E-state index in [0.717, 1.165) is 21.5 Å². The highest BCUT2D eigenvalue weighted by Crippen LogP contribution is 2.26. The van der Waals surface area contributed by atoms with Crippen molar-refractivity contribution >= 4 is 33.3 Å². The predicted molar refractivity (Wildman–Crippen MR) is 78.0 cm³/mol. The number of hydrogen-bond donors (Lipinski definition) is 0. The van der Waals surface area contributed by atoms with Crippen LogP contribution in [-0.4, -0.2) is 16.2 Å². The molecule has 0 spiro atoms. The molecule has 0 saturated heterocycles. The summed E-state index contributed by atoms with van der Waals surface area (Å²) in [6, 6.07) is 9.82. The Morgan fingerprint density at radius 2 is 2.00 bits per heavy atom. The number of rotatable bonds is 3. The molecule has 1 aromatic carbocycles. The average molecular weight is 327 g/mol. The fourth-order valence-corrected chi connectivity index (χ4v) is 2.73. The van der Waals surface area contributed by atoms with Crippen molar-refractivity contribution in [1.29, 1.82) is 0 Å². The highest BCUT2D eigenvalue weighted by molar-refractivity contribution is 9.10. The van der Waals surface area contributed by atoms with E-state index in [-0.39, 0.29) is 11.7 Å². The van der Waals surface area contributed by atoms with Gasteiger partial charge in [-0.25, -0.2) is 0 Å². The minimum atomic E-state index is -0.0388. The van der Waals surface area contributed by atoms with Crippen molar-refractivity contribution in [1.82, 2.24) is 4.57 Å². The molecule has 2 nitrogen and oxygen atoms in total. The standard InChI is InChI=1S/C14H13BrClNO/c1-9-7-11(14(18)8-16)10(2)17(9)13-6-4-3-5-12(13)15/h3-7H,8H2,1-2H3. The van der Waals surface area contributed by atoms with E-state index in [1.54, 1.807) is 0 Å². The van der Waals surface area contributed by atoms with Crippen LogP contribution in [0.15, 0.2) is 34.8 Å². The lowest BCUT2D eigenvalue weighted by Gasteiger charge is -2.11. The Balaban J connectivity index is 2.63. The molecule has 0 aliphatic carbocycles. The van der Waals surface area contributed by atoms with Gasteiger partial charge in [-0.2, -0.15) is 0 Å². The first-order valence-corrected chi connectivity index (χ1v) is 6.92. The first kappa shape index (κ1) is 13.4. The minimum absolute atomic E-state index is 0.0141. The molecule has 4 heteroatoms. The summed E-state index contributed by atoms with van der Waals surface area (Å²) in [4.78, 5) is 11.8. The quantitative estimate of drug-likeness (QED) is 0.609. The number of benzene rings is 1. The fraction of sp³-hybridized carbons (Fsp3) is 0.214. The number of hydrogen-bond acceptors (Lipinski definition) is 1. The van der Waals surface area contributed by atoms with E-state index >= 15 is 0 Å². The lowest BCUT2D eigenvalue weighted by Crippen LogP contribution is -2.04. The van der Waals surface area contributed by atoms with Crippen molar-refractivity contribution < 1.29 is 4.79 Å². The van der Waals surface area contributed by atoms with Crippen molar-refractivity contribution in [3.05, 3.63) is 51.8 Å². The molecule has 0 aliphatic rings. The Morgan fingerprint density at radius 1 is 1.33 bits per heavy atom. The normalized spacial score (nSPS) is 10.7. The van der Waals surface area contributed by atoms with Gasteiger partial charge in [0.15, 0.2) is 5.78 Å². The van der Waals surface area contributed by atoms with E-state index in [4.69, 9.17) is 11.6 Å². The van der Waals surface area contributed by atoms with Gasteiger partial charge in [0.25, 0.3) is 0 Å². The number of para-hydroxylation sites is 1. The van der Waals surface area contributed by atoms with Gasteiger partial charge in [-0.15, -0.1) is 11.6 Å². The maximum Gasteiger partial charge on any atom is 0.179 e. The van der Waals surface area contributed by atoms with Gasteiger partial charge >= 0.3 is 0 Å². The second-order valence-corrected chi connectivity index (χ2v) is 5.25. The van der Waals surface area contributed by atoms with Crippen LogP contribution in [0.5, 0.6) is 0 Å². The average Bonchev–Trinajstić information content (AvgIpc) is 2.65. The summed E-state index contributed by atoms with van der Waals surface area (Å²) in [6.07, 6.45) is 0. The van der Waals surface area contributed by atoms with E-state index in [0.29, 0.717) is 5.56 Å². The first-order chi connectivity index (χ1) is 8.56. The molecule has 0 amide bonds. The molecule has 1 aromatic heterocycles. The maximum absolute atomic E-state index is 11.8. The number of aryl methyl sites for hydroxylation is 1. The van der Waals surface area contributed by atoms with Gasteiger partial charge in [0.2, 0.25) is 0 Å². The molecular weight excluding hydrogens is 314 g/mol. The van der Waals surface area contributed by atoms with Crippen LogP contribution in [0.3, 0.4) is 0 Å². The Hall–Kier alpha value is -1.06. The summed E-state index contributed by atoms with van der Waals surface area (Å²) >= 11 is 9.16. The summed E-state index contributed by atoms with van der Waals surface area (Å²) in [7, 11) is 0. The van der Waals surface area contributed by atoms with Gasteiger partial charge in [-0.05, 0) is 48.0 Å². The Morgan fingerprint density at radius 3 is 2.61 bits per heavy atom. The minimum Gasteiger partial charge on any atom is -0.317 e. The number of nitrogens with zero attached hydrogens (tertiary/aromatic N) is 1. The molecule has 18 heavy (non-hydrogen) atoms. The molecule has 0 N–H and O–H groups in total. The van der Waals surface area contributed by atoms with Crippen molar-refractivity contribution in [3.8, 4) is 5.69 Å². The van der Waals surface area contributed by atoms with E-state index in [2.05, 4.69) is 20.5 Å². The predicted octanol–water partition coefficient (Wildman–Crippen LogP) is 4.28. The zero-order chi connectivity index (χ0) is 13.3. The first-order valence-electron chi connectivity index (χ1n) is 5.59. The number of halogens is 2. The van der Waals surface area contributed by atoms with Gasteiger partial charge in [-0.1, -0.05) is 12.1 Å². The van der Waals surface area contributed by atoms with Crippen LogP contribution in [0.25, 0.3) is 5.69 Å². The molecule has 94 valence electrons. The molecule has 0 atom stereocenters. The lowest BCUT2D eigenvalue weighted by atomic mass is 10.2. The zero-order valence-electron chi connectivity index (χ0n) is 10.2. The topological polar surface area (TPSA) is 22.0 Å². The maximum atomic E-state index is 11.8. The molecule has 0 fully saturated rings. The molecular formula is C14H13BrClNO. The fourth-order valence-electron chi connectivity index (χ4n) is 2.12. The number of alkyl halides is 1. The van der Waals surface area contributed by atoms with Crippen molar-refractivity contribution in [3.63, 3.8) is 0 Å². The highest BCUT2D eigenvalue weighted by atomic mass is 79.9. The van der Waals surface area contributed by atoms with Crippen LogP contribution in [0.1, 0.15) is 21.7 Å². The van der Waals surface area contributed by atoms with Crippen LogP contribution in [0.2, 0.25) is 0 Å². The van der Waals surface area contributed by atoms with Gasteiger partial charge in [0, 0.05) is 21.4 Å². The zero-order valence-corrected chi connectivity index (χ0v) is 12.5. The van der Waals surface area contributed by atoms with Crippen molar-refractivity contribution in [2.24, 2.45) is 0 Å². The molecule has 2 aromatic rings. The number of carbonyl (C=O) groups excluding carboxylic acids is 1. The van der Waals surface area contributed by atoms with Gasteiger partial charge in [0.1, 0.15) is 0 Å². The van der Waals surface area contributed by atoms with Gasteiger partial charge in [-0.3, -0.25) is 4.79 Å². The SMILES string of the molecule is Cc1cc(C(=O)CCl)c(C)n1-c1ccccc1Br. The highest BCUT2D eigenvalue weighted by Gasteiger charge is 2.16. The van der Waals surface area contributed by atoms with E-state index in [1.807, 2.05) is 44.2 Å². The lowest BCUT2D eigenvalue weighted by molar-refractivity contribution is 0.102. The second-order valence-electron chi connectivity index (χ2n) is 4.13. The number of aromatic nitrogens is 1. The Labute approximate surface area is 120 Å². The molecule has 1 heterocycles. The summed E-state index contributed by atoms with van der Waals surface area (Å²) in [5.74, 6) is -0.0247. The Bertz CT molecular complexity index is 604. The van der Waals surface area contributed by atoms with Crippen molar-refractivity contribution in [2.45, 2.75) is 13.8 Å². The van der Waals surface area contributed by atoms with E-state index in [9.17, 15) is 4.79 Å². The third kappa shape index (κ3) is 2.25. The molecule has 0 radical (unpaired) electrons. The summed E-state index contributed by atoms with van der Waals surface area (Å²) in [5, 5.41) is 0. The number of carbonyl (C=O) groups is 1. The van der Waals surface area contributed by atoms with Crippen LogP contribution in [-0.2, 0) is 0 Å². The van der Waals surface area contributed by atoms with E-state index in [1.165, 1.54) is 0 Å². The third-order valence-electron chi connectivity index (χ3n) is 2.95. The Kier molecular flexibility index (Phi) is 3.93. The number of ketones is 1. The molecule has 0 aliphatic heterocycles. The van der Waals surface area contributed by atoms with Gasteiger partial charge < -0.3 is 4.57 Å². The summed E-state index contributed by atoms with van der Waals surface area (Å²) < 4.78 is 3.06.